The molecular weight excluding hydrogens is 620 g/mol. The van der Waals surface area contributed by atoms with E-state index < -0.39 is 137 Å². The van der Waals surface area contributed by atoms with Crippen LogP contribution in [0.15, 0.2) is 0 Å². The fraction of sp³-hybridized carbons (Fsp3) is 0.957. The van der Waals surface area contributed by atoms with Crippen LogP contribution in [0, 0.1) is 5.41 Å². The van der Waals surface area contributed by atoms with Crippen LogP contribution in [0.2, 0.25) is 0 Å². The molecule has 22 nitrogen and oxygen atoms in total. The summed E-state index contributed by atoms with van der Waals surface area (Å²) in [5.74, 6) is -1.33. The molecule has 21 N–H and O–H groups in total. The molecule has 14 atom stereocenters. The van der Waals surface area contributed by atoms with Crippen molar-refractivity contribution in [2.24, 2.45) is 11.1 Å². The van der Waals surface area contributed by atoms with E-state index in [4.69, 9.17) is 25.8 Å². The number of hydrogen-bond acceptors (Lipinski definition) is 21. The number of nitrogens with two attached hydrogens (primary N) is 1. The van der Waals surface area contributed by atoms with Gasteiger partial charge in [-0.15, -0.1) is 0 Å². The molecule has 270 valence electrons. The van der Waals surface area contributed by atoms with Crippen molar-refractivity contribution in [3.63, 3.8) is 0 Å². The first kappa shape index (κ1) is 43.7. The first-order valence-corrected chi connectivity index (χ1v) is 13.7. The second kappa shape index (κ2) is 21.5. The summed E-state index contributed by atoms with van der Waals surface area (Å²) in [5, 5.41) is 160. The lowest BCUT2D eigenvalue weighted by Gasteiger charge is -2.39. The lowest BCUT2D eigenvalue weighted by molar-refractivity contribution is -0.207. The molecule has 0 aliphatic rings. The number of hydroxylamine groups is 1. The lowest BCUT2D eigenvalue weighted by Crippen LogP contribution is -2.59. The van der Waals surface area contributed by atoms with Crippen molar-refractivity contribution in [3.8, 4) is 0 Å². The van der Waals surface area contributed by atoms with E-state index in [0.717, 1.165) is 0 Å². The summed E-state index contributed by atoms with van der Waals surface area (Å²) in [7, 11) is 0. The average Bonchev–Trinajstić information content (AvgIpc) is 3.06. The zero-order valence-electron chi connectivity index (χ0n) is 24.2. The van der Waals surface area contributed by atoms with E-state index in [1.54, 1.807) is 5.48 Å². The summed E-state index contributed by atoms with van der Waals surface area (Å²) in [6.07, 6.45) is -25.4. The first-order valence-electron chi connectivity index (χ1n) is 13.7. The Kier molecular flexibility index (Phi) is 20.9. The Morgan fingerprint density at radius 2 is 1.13 bits per heavy atom. The molecule has 0 heterocycles. The number of ether oxygens (including phenoxy) is 1. The van der Waals surface area contributed by atoms with Gasteiger partial charge < -0.3 is 97.6 Å². The van der Waals surface area contributed by atoms with Gasteiger partial charge in [0, 0.05) is 25.0 Å². The maximum Gasteiger partial charge on any atom is 0.251 e. The van der Waals surface area contributed by atoms with Gasteiger partial charge in [0.1, 0.15) is 61.0 Å². The standard InChI is InChI=1S/C23H50N4O18/c24-5-23(1-9(27-44)13(34)17(38)14(35)10(31)2-28,6-25-8-45-22(43)20(41)16(37)12(33)4-30)7-26-21(42)19(40)18(39)15(36)11(32)3-29/h9-20,22,25,27-41,43-44H,1-8,24H2,(H,26,42). The molecular formula is C23H50N4O18. The third kappa shape index (κ3) is 13.4. The molecule has 0 rings (SSSR count). The Morgan fingerprint density at radius 3 is 1.58 bits per heavy atom. The number of aliphatic hydroxyl groups is 15. The predicted molar refractivity (Wildman–Crippen MR) is 145 cm³/mol. The maximum absolute atomic E-state index is 12.6. The van der Waals surface area contributed by atoms with Gasteiger partial charge >= 0.3 is 0 Å². The molecule has 14 unspecified atom stereocenters. The summed E-state index contributed by atoms with van der Waals surface area (Å²) in [4.78, 5) is 12.6. The first-order chi connectivity index (χ1) is 21.0. The molecule has 45 heavy (non-hydrogen) atoms. The van der Waals surface area contributed by atoms with E-state index in [9.17, 15) is 71.3 Å². The highest BCUT2D eigenvalue weighted by molar-refractivity contribution is 5.81. The number of rotatable bonds is 25. The molecule has 0 aliphatic heterocycles. The van der Waals surface area contributed by atoms with Gasteiger partial charge in [0.15, 0.2) is 12.4 Å². The number of hydrogen-bond donors (Lipinski definition) is 20. The van der Waals surface area contributed by atoms with Crippen LogP contribution >= 0.6 is 0 Å². The SMILES string of the molecule is NCC(CNCOC(O)C(O)C(O)C(O)CO)(CNC(=O)C(O)C(O)C(O)C(O)CO)CC(NO)C(O)C(O)C(O)C(O)CO. The molecule has 0 radical (unpaired) electrons. The molecule has 0 aromatic carbocycles. The molecule has 22 heteroatoms. The highest BCUT2D eigenvalue weighted by Gasteiger charge is 2.41. The number of carbonyl (C=O) groups excluding carboxylic acids is 1. The Hall–Kier alpha value is -1.33. The predicted octanol–water partition coefficient (Wildman–Crippen LogP) is -11.4. The fourth-order valence-electron chi connectivity index (χ4n) is 4.04. The summed E-state index contributed by atoms with van der Waals surface area (Å²) >= 11 is 0. The van der Waals surface area contributed by atoms with Crippen molar-refractivity contribution >= 4 is 5.91 Å². The number of amides is 1. The Morgan fingerprint density at radius 1 is 0.667 bits per heavy atom. The van der Waals surface area contributed by atoms with Gasteiger partial charge in [-0.05, 0) is 6.42 Å². The van der Waals surface area contributed by atoms with Gasteiger partial charge in [-0.1, -0.05) is 0 Å². The second-order valence-electron chi connectivity index (χ2n) is 10.6. The van der Waals surface area contributed by atoms with Crippen molar-refractivity contribution in [2.45, 2.75) is 85.9 Å². The van der Waals surface area contributed by atoms with Crippen molar-refractivity contribution < 1.29 is 91.3 Å². The van der Waals surface area contributed by atoms with Crippen LogP contribution in [0.4, 0.5) is 0 Å². The van der Waals surface area contributed by atoms with Gasteiger partial charge in [0.25, 0.3) is 5.91 Å². The minimum atomic E-state index is -2.36. The van der Waals surface area contributed by atoms with E-state index in [0.29, 0.717) is 0 Å². The third-order valence-corrected chi connectivity index (χ3v) is 7.19. The molecule has 1 amide bonds. The van der Waals surface area contributed by atoms with E-state index in [1.165, 1.54) is 0 Å². The lowest BCUT2D eigenvalue weighted by atomic mass is 9.78. The van der Waals surface area contributed by atoms with Crippen molar-refractivity contribution in [1.29, 1.82) is 0 Å². The highest BCUT2D eigenvalue weighted by atomic mass is 16.6. The summed E-state index contributed by atoms with van der Waals surface area (Å²) in [5.41, 5.74) is 6.08. The van der Waals surface area contributed by atoms with E-state index in [-0.39, 0.29) is 6.54 Å². The molecule has 0 saturated heterocycles. The van der Waals surface area contributed by atoms with Crippen LogP contribution in [0.3, 0.4) is 0 Å². The molecule has 0 aromatic rings. The van der Waals surface area contributed by atoms with Crippen molar-refractivity contribution in [3.05, 3.63) is 0 Å². The monoisotopic (exact) mass is 670 g/mol. The second-order valence-corrected chi connectivity index (χ2v) is 10.6. The fourth-order valence-corrected chi connectivity index (χ4v) is 4.04. The van der Waals surface area contributed by atoms with Crippen molar-refractivity contribution in [1.82, 2.24) is 16.1 Å². The average molecular weight is 671 g/mol. The molecule has 0 aromatic heterocycles. The molecule has 0 spiro atoms. The summed E-state index contributed by atoms with van der Waals surface area (Å²) in [6, 6.07) is -1.59. The topological polar surface area (TPSA) is 412 Å². The van der Waals surface area contributed by atoms with Crippen LogP contribution in [-0.2, 0) is 9.53 Å². The summed E-state index contributed by atoms with van der Waals surface area (Å²) in [6.45, 7) is -4.99. The maximum atomic E-state index is 12.6. The van der Waals surface area contributed by atoms with E-state index in [2.05, 4.69) is 10.6 Å². The van der Waals surface area contributed by atoms with Gasteiger partial charge in [0.2, 0.25) is 0 Å². The largest absolute Gasteiger partial charge is 0.394 e. The van der Waals surface area contributed by atoms with Gasteiger partial charge in [-0.2, -0.15) is 5.48 Å². The number of aliphatic hydroxyl groups excluding tert-OH is 15. The Labute approximate surface area is 257 Å². The smallest absolute Gasteiger partial charge is 0.251 e. The minimum absolute atomic E-state index is 0.373. The molecule has 0 aliphatic carbocycles. The number of nitrogens with one attached hydrogen (secondary N) is 3. The number of carbonyl (C=O) groups is 1. The van der Waals surface area contributed by atoms with Crippen molar-refractivity contribution in [2.75, 3.05) is 46.2 Å². The van der Waals surface area contributed by atoms with Crippen LogP contribution in [-0.4, -0.2) is 213 Å². The zero-order valence-corrected chi connectivity index (χ0v) is 24.2. The van der Waals surface area contributed by atoms with Crippen LogP contribution in [0.1, 0.15) is 6.42 Å². The molecule has 0 saturated carbocycles. The quantitative estimate of drug-likeness (QED) is 0.0243. The van der Waals surface area contributed by atoms with Gasteiger partial charge in [0.05, 0.1) is 32.6 Å². The van der Waals surface area contributed by atoms with Crippen LogP contribution in [0.5, 0.6) is 0 Å². The molecule has 0 bridgehead atoms. The normalized spacial score (nSPS) is 22.4. The zero-order chi connectivity index (χ0) is 35.1. The van der Waals surface area contributed by atoms with Gasteiger partial charge in [-0.25, -0.2) is 0 Å². The third-order valence-electron chi connectivity index (χ3n) is 7.19. The van der Waals surface area contributed by atoms with Crippen LogP contribution < -0.4 is 21.8 Å². The van der Waals surface area contributed by atoms with Crippen LogP contribution in [0.25, 0.3) is 0 Å². The van der Waals surface area contributed by atoms with Gasteiger partial charge in [-0.3, -0.25) is 10.1 Å². The Balaban J connectivity index is 5.89. The minimum Gasteiger partial charge on any atom is -0.394 e. The van der Waals surface area contributed by atoms with E-state index >= 15 is 0 Å². The summed E-state index contributed by atoms with van der Waals surface area (Å²) < 4.78 is 4.93. The van der Waals surface area contributed by atoms with E-state index in [1.807, 2.05) is 0 Å². The molecule has 0 fully saturated rings. The highest BCUT2D eigenvalue weighted by Crippen LogP contribution is 2.25. The Bertz CT molecular complexity index is 809.